The summed E-state index contributed by atoms with van der Waals surface area (Å²) in [4.78, 5) is 14.0. The summed E-state index contributed by atoms with van der Waals surface area (Å²) in [6, 6.07) is 5.74. The van der Waals surface area contributed by atoms with E-state index in [1.165, 1.54) is 13.1 Å². The minimum Gasteiger partial charge on any atom is -0.508 e. The molecule has 0 spiro atoms. The number of carbonyl (C=O) groups excluding carboxylic acids is 1. The van der Waals surface area contributed by atoms with Gasteiger partial charge in [0.1, 0.15) is 11.4 Å². The van der Waals surface area contributed by atoms with Crippen molar-refractivity contribution < 1.29 is 9.90 Å². The first-order valence-electron chi connectivity index (χ1n) is 7.63. The van der Waals surface area contributed by atoms with Crippen molar-refractivity contribution >= 4 is 11.5 Å². The van der Waals surface area contributed by atoms with Gasteiger partial charge in [0.05, 0.1) is 0 Å². The molecule has 1 aliphatic rings. The lowest BCUT2D eigenvalue weighted by Gasteiger charge is -2.33. The standard InChI is InChI=1S/C17H24N2O2/c1-3-14-15(9-6-10-17(14)21)19(13-7-4-5-8-13)16(11-18)12(2)20/h6,9-11,13,21H,3-5,7-8,18H2,1-2H3/b16-11+. The number of allylic oxidation sites excluding steroid dienone is 1. The Kier molecular flexibility index (Phi) is 4.89. The van der Waals surface area contributed by atoms with Crippen LogP contribution in [0.5, 0.6) is 5.75 Å². The average molecular weight is 288 g/mol. The number of benzene rings is 1. The van der Waals surface area contributed by atoms with Crippen LogP contribution in [0.1, 0.15) is 45.1 Å². The van der Waals surface area contributed by atoms with Crippen molar-refractivity contribution in [3.63, 3.8) is 0 Å². The number of phenolic OH excluding ortho intramolecular Hbond substituents is 1. The van der Waals surface area contributed by atoms with Gasteiger partial charge in [-0.1, -0.05) is 25.8 Å². The Morgan fingerprint density at radius 1 is 1.43 bits per heavy atom. The number of phenols is 1. The van der Waals surface area contributed by atoms with Gasteiger partial charge in [-0.15, -0.1) is 0 Å². The predicted molar refractivity (Wildman–Crippen MR) is 85.2 cm³/mol. The van der Waals surface area contributed by atoms with E-state index in [1.807, 2.05) is 24.0 Å². The molecule has 1 aromatic carbocycles. The van der Waals surface area contributed by atoms with E-state index in [9.17, 15) is 9.90 Å². The average Bonchev–Trinajstić information content (AvgIpc) is 2.97. The molecule has 1 fully saturated rings. The number of nitrogens with two attached hydrogens (primary N) is 1. The quantitative estimate of drug-likeness (QED) is 0.817. The molecule has 114 valence electrons. The Hall–Kier alpha value is -1.97. The second-order valence-corrected chi connectivity index (χ2v) is 5.54. The fourth-order valence-electron chi connectivity index (χ4n) is 3.20. The van der Waals surface area contributed by atoms with E-state index in [4.69, 9.17) is 5.73 Å². The number of nitrogens with zero attached hydrogens (tertiary/aromatic N) is 1. The molecule has 1 saturated carbocycles. The molecule has 0 amide bonds. The molecule has 0 aliphatic heterocycles. The van der Waals surface area contributed by atoms with E-state index in [0.717, 1.165) is 36.9 Å². The van der Waals surface area contributed by atoms with Crippen molar-refractivity contribution in [2.75, 3.05) is 4.90 Å². The van der Waals surface area contributed by atoms with E-state index in [0.29, 0.717) is 12.1 Å². The Labute approximate surface area is 126 Å². The molecule has 0 heterocycles. The zero-order valence-electron chi connectivity index (χ0n) is 12.8. The fraction of sp³-hybridized carbons (Fsp3) is 0.471. The predicted octanol–water partition coefficient (Wildman–Crippen LogP) is 3.09. The molecule has 0 saturated heterocycles. The summed E-state index contributed by atoms with van der Waals surface area (Å²) in [5.74, 6) is 0.229. The Bertz CT molecular complexity index is 546. The van der Waals surface area contributed by atoms with Gasteiger partial charge in [0.25, 0.3) is 0 Å². The molecular formula is C17H24N2O2. The molecule has 1 aromatic rings. The molecular weight excluding hydrogens is 264 g/mol. The molecule has 3 N–H and O–H groups in total. The van der Waals surface area contributed by atoms with Gasteiger partial charge in [0.2, 0.25) is 0 Å². The van der Waals surface area contributed by atoms with Crippen molar-refractivity contribution in [3.8, 4) is 5.75 Å². The van der Waals surface area contributed by atoms with Crippen LogP contribution in [0.4, 0.5) is 5.69 Å². The van der Waals surface area contributed by atoms with E-state index in [1.54, 1.807) is 6.07 Å². The van der Waals surface area contributed by atoms with Crippen molar-refractivity contribution in [2.45, 2.75) is 52.0 Å². The largest absolute Gasteiger partial charge is 0.508 e. The second kappa shape index (κ2) is 6.66. The summed E-state index contributed by atoms with van der Waals surface area (Å²) >= 11 is 0. The van der Waals surface area contributed by atoms with Crippen LogP contribution >= 0.6 is 0 Å². The smallest absolute Gasteiger partial charge is 0.177 e. The van der Waals surface area contributed by atoms with Crippen molar-refractivity contribution in [1.29, 1.82) is 0 Å². The highest BCUT2D eigenvalue weighted by Crippen LogP contribution is 2.36. The monoisotopic (exact) mass is 288 g/mol. The first kappa shape index (κ1) is 15.4. The summed E-state index contributed by atoms with van der Waals surface area (Å²) in [5, 5.41) is 10.1. The third kappa shape index (κ3) is 3.04. The van der Waals surface area contributed by atoms with Crippen molar-refractivity contribution in [2.24, 2.45) is 5.73 Å². The van der Waals surface area contributed by atoms with Gasteiger partial charge >= 0.3 is 0 Å². The minimum atomic E-state index is -0.0465. The van der Waals surface area contributed by atoms with E-state index >= 15 is 0 Å². The molecule has 2 rings (SSSR count). The van der Waals surface area contributed by atoms with Crippen LogP contribution < -0.4 is 10.6 Å². The van der Waals surface area contributed by atoms with Crippen LogP contribution in [0.3, 0.4) is 0 Å². The van der Waals surface area contributed by atoms with Crippen molar-refractivity contribution in [3.05, 3.63) is 35.7 Å². The summed E-state index contributed by atoms with van der Waals surface area (Å²) in [6.45, 7) is 3.54. The first-order chi connectivity index (χ1) is 10.1. The molecule has 1 aliphatic carbocycles. The van der Waals surface area contributed by atoms with Gasteiger partial charge in [0, 0.05) is 30.4 Å². The van der Waals surface area contributed by atoms with Crippen LogP contribution in [0.2, 0.25) is 0 Å². The zero-order valence-corrected chi connectivity index (χ0v) is 12.8. The van der Waals surface area contributed by atoms with Crippen molar-refractivity contribution in [1.82, 2.24) is 0 Å². The van der Waals surface area contributed by atoms with Crippen LogP contribution in [-0.4, -0.2) is 16.9 Å². The SMILES string of the molecule is CCc1c(O)cccc1N(/C(=C/N)C(C)=O)C1CCCC1. The molecule has 4 nitrogen and oxygen atoms in total. The summed E-state index contributed by atoms with van der Waals surface area (Å²) in [6.07, 6.45) is 6.52. The number of hydrogen-bond donors (Lipinski definition) is 2. The highest BCUT2D eigenvalue weighted by molar-refractivity contribution is 5.97. The third-order valence-electron chi connectivity index (χ3n) is 4.21. The lowest BCUT2D eigenvalue weighted by molar-refractivity contribution is -0.113. The first-order valence-corrected chi connectivity index (χ1v) is 7.63. The maximum absolute atomic E-state index is 12.0. The lowest BCUT2D eigenvalue weighted by atomic mass is 10.0. The summed E-state index contributed by atoms with van der Waals surface area (Å²) in [7, 11) is 0. The topological polar surface area (TPSA) is 66.6 Å². The molecule has 0 aromatic heterocycles. The normalized spacial score (nSPS) is 16.2. The zero-order chi connectivity index (χ0) is 15.4. The van der Waals surface area contributed by atoms with Crippen LogP contribution in [-0.2, 0) is 11.2 Å². The van der Waals surface area contributed by atoms with E-state index < -0.39 is 0 Å². The van der Waals surface area contributed by atoms with Gasteiger partial charge in [0.15, 0.2) is 5.78 Å². The number of Topliss-reactive ketones (excluding diaryl/α,β-unsaturated/α-hetero) is 1. The van der Waals surface area contributed by atoms with Crippen LogP contribution in [0.25, 0.3) is 0 Å². The molecule has 21 heavy (non-hydrogen) atoms. The number of carbonyl (C=O) groups is 1. The summed E-state index contributed by atoms with van der Waals surface area (Å²) in [5.41, 5.74) is 8.00. The number of hydrogen-bond acceptors (Lipinski definition) is 4. The molecule has 0 unspecified atom stereocenters. The van der Waals surface area contributed by atoms with Crippen LogP contribution in [0, 0.1) is 0 Å². The molecule has 4 heteroatoms. The van der Waals surface area contributed by atoms with Gasteiger partial charge in [-0.3, -0.25) is 4.79 Å². The minimum absolute atomic E-state index is 0.0465. The summed E-state index contributed by atoms with van der Waals surface area (Å²) < 4.78 is 0. The highest BCUT2D eigenvalue weighted by atomic mass is 16.3. The van der Waals surface area contributed by atoms with Crippen LogP contribution in [0.15, 0.2) is 30.1 Å². The highest BCUT2D eigenvalue weighted by Gasteiger charge is 2.29. The number of aromatic hydroxyl groups is 1. The number of anilines is 1. The third-order valence-corrected chi connectivity index (χ3v) is 4.21. The lowest BCUT2D eigenvalue weighted by Crippen LogP contribution is -2.36. The fourth-order valence-corrected chi connectivity index (χ4v) is 3.20. The number of ketones is 1. The Morgan fingerprint density at radius 2 is 2.10 bits per heavy atom. The number of rotatable bonds is 5. The van der Waals surface area contributed by atoms with E-state index in [-0.39, 0.29) is 17.6 Å². The molecule has 0 atom stereocenters. The maximum atomic E-state index is 12.0. The van der Waals surface area contributed by atoms with Gasteiger partial charge in [-0.25, -0.2) is 0 Å². The maximum Gasteiger partial charge on any atom is 0.177 e. The molecule has 0 bridgehead atoms. The Morgan fingerprint density at radius 3 is 2.62 bits per heavy atom. The van der Waals surface area contributed by atoms with Gasteiger partial charge in [-0.05, 0) is 31.4 Å². The Balaban J connectivity index is 2.54. The van der Waals surface area contributed by atoms with Gasteiger partial charge < -0.3 is 15.7 Å². The van der Waals surface area contributed by atoms with Gasteiger partial charge in [-0.2, -0.15) is 0 Å². The van der Waals surface area contributed by atoms with E-state index in [2.05, 4.69) is 0 Å². The second-order valence-electron chi connectivity index (χ2n) is 5.54. The molecule has 0 radical (unpaired) electrons.